The minimum Gasteiger partial charge on any atom is -0.371 e. The van der Waals surface area contributed by atoms with Crippen molar-refractivity contribution in [2.75, 3.05) is 13.1 Å². The quantitative estimate of drug-likeness (QED) is 0.647. The van der Waals surface area contributed by atoms with Gasteiger partial charge in [0.2, 0.25) is 0 Å². The second-order valence-electron chi connectivity index (χ2n) is 5.42. The van der Waals surface area contributed by atoms with E-state index in [0.29, 0.717) is 11.4 Å². The number of ketones is 1. The van der Waals surface area contributed by atoms with Crippen molar-refractivity contribution in [1.82, 2.24) is 10.6 Å². The Morgan fingerprint density at radius 2 is 2.00 bits per heavy atom. The van der Waals surface area contributed by atoms with E-state index in [1.807, 2.05) is 0 Å². The van der Waals surface area contributed by atoms with Gasteiger partial charge in [0.1, 0.15) is 11.6 Å². The molecule has 1 fully saturated rings. The van der Waals surface area contributed by atoms with Gasteiger partial charge in [0.15, 0.2) is 5.78 Å². The first kappa shape index (κ1) is 13.9. The van der Waals surface area contributed by atoms with Gasteiger partial charge in [0.25, 0.3) is 0 Å². The van der Waals surface area contributed by atoms with Gasteiger partial charge in [0.05, 0.1) is 5.02 Å². The van der Waals surface area contributed by atoms with E-state index in [9.17, 15) is 9.18 Å². The third kappa shape index (κ3) is 3.47. The molecule has 0 saturated carbocycles. The average Bonchev–Trinajstić information content (AvgIpc) is 2.35. The Labute approximate surface area is 116 Å². The van der Waals surface area contributed by atoms with E-state index in [0.717, 1.165) is 13.1 Å². The van der Waals surface area contributed by atoms with Crippen LogP contribution in [-0.2, 0) is 0 Å². The SMILES string of the molecule is CC1(C)CNC(=CC(=O)c2ccc(F)c(Cl)c2)NC1. The number of hydrogen-bond acceptors (Lipinski definition) is 3. The molecule has 0 amide bonds. The Balaban J connectivity index is 2.10. The number of allylic oxidation sites excluding steroid dienone is 1. The molecule has 1 saturated heterocycles. The minimum atomic E-state index is -0.526. The van der Waals surface area contributed by atoms with Crippen LogP contribution < -0.4 is 10.6 Å². The number of rotatable bonds is 2. The monoisotopic (exact) mass is 282 g/mol. The summed E-state index contributed by atoms with van der Waals surface area (Å²) in [6.45, 7) is 5.85. The van der Waals surface area contributed by atoms with E-state index in [-0.39, 0.29) is 16.2 Å². The van der Waals surface area contributed by atoms with Crippen LogP contribution in [-0.4, -0.2) is 18.9 Å². The Kier molecular flexibility index (Phi) is 3.80. The van der Waals surface area contributed by atoms with Crippen LogP contribution in [0, 0.1) is 11.2 Å². The summed E-state index contributed by atoms with van der Waals surface area (Å²) in [5.74, 6) is -0.0529. The fourth-order valence-corrected chi connectivity index (χ4v) is 1.94. The maximum atomic E-state index is 13.0. The zero-order valence-electron chi connectivity index (χ0n) is 10.9. The van der Waals surface area contributed by atoms with Crippen LogP contribution in [0.3, 0.4) is 0 Å². The Hall–Kier alpha value is -1.55. The van der Waals surface area contributed by atoms with E-state index >= 15 is 0 Å². The summed E-state index contributed by atoms with van der Waals surface area (Å²) < 4.78 is 13.0. The van der Waals surface area contributed by atoms with Crippen molar-refractivity contribution < 1.29 is 9.18 Å². The van der Waals surface area contributed by atoms with E-state index < -0.39 is 5.82 Å². The number of carbonyl (C=O) groups is 1. The number of carbonyl (C=O) groups excluding carboxylic acids is 1. The van der Waals surface area contributed by atoms with Crippen molar-refractivity contribution >= 4 is 17.4 Å². The highest BCUT2D eigenvalue weighted by molar-refractivity contribution is 6.31. The number of hydrogen-bond donors (Lipinski definition) is 2. The molecule has 0 atom stereocenters. The molecule has 1 aromatic carbocycles. The lowest BCUT2D eigenvalue weighted by molar-refractivity contribution is 0.104. The summed E-state index contributed by atoms with van der Waals surface area (Å²) >= 11 is 5.66. The maximum Gasteiger partial charge on any atom is 0.189 e. The van der Waals surface area contributed by atoms with Gasteiger partial charge in [0, 0.05) is 24.7 Å². The van der Waals surface area contributed by atoms with Gasteiger partial charge in [-0.25, -0.2) is 4.39 Å². The summed E-state index contributed by atoms with van der Waals surface area (Å²) in [6, 6.07) is 3.95. The Morgan fingerprint density at radius 3 is 2.58 bits per heavy atom. The summed E-state index contributed by atoms with van der Waals surface area (Å²) in [6.07, 6.45) is 1.47. The predicted octanol–water partition coefficient (Wildman–Crippen LogP) is 2.72. The van der Waals surface area contributed by atoms with E-state index in [4.69, 9.17) is 11.6 Å². The van der Waals surface area contributed by atoms with Crippen molar-refractivity contribution in [3.8, 4) is 0 Å². The van der Waals surface area contributed by atoms with Gasteiger partial charge in [-0.05, 0) is 23.6 Å². The summed E-state index contributed by atoms with van der Waals surface area (Å²) in [5, 5.41) is 6.27. The topological polar surface area (TPSA) is 41.1 Å². The first-order valence-electron chi connectivity index (χ1n) is 6.06. The lowest BCUT2D eigenvalue weighted by atomic mass is 9.92. The minimum absolute atomic E-state index is 0.0463. The molecule has 1 aliphatic heterocycles. The zero-order valence-corrected chi connectivity index (χ0v) is 11.6. The standard InChI is InChI=1S/C14H16ClFN2O/c1-14(2)7-17-13(18-8-14)6-12(19)9-3-4-11(16)10(15)5-9/h3-6,17-18H,7-8H2,1-2H3. The molecule has 5 heteroatoms. The molecule has 0 unspecified atom stereocenters. The highest BCUT2D eigenvalue weighted by Crippen LogP contribution is 2.18. The molecule has 3 nitrogen and oxygen atoms in total. The van der Waals surface area contributed by atoms with Gasteiger partial charge in [-0.15, -0.1) is 0 Å². The molecule has 0 aromatic heterocycles. The highest BCUT2D eigenvalue weighted by Gasteiger charge is 2.23. The third-order valence-corrected chi connectivity index (χ3v) is 3.28. The predicted molar refractivity (Wildman–Crippen MR) is 73.6 cm³/mol. The maximum absolute atomic E-state index is 13.0. The lowest BCUT2D eigenvalue weighted by Crippen LogP contribution is -2.47. The lowest BCUT2D eigenvalue weighted by Gasteiger charge is -2.33. The van der Waals surface area contributed by atoms with Gasteiger partial charge >= 0.3 is 0 Å². The largest absolute Gasteiger partial charge is 0.371 e. The van der Waals surface area contributed by atoms with Gasteiger partial charge < -0.3 is 10.6 Å². The molecular formula is C14H16ClFN2O. The van der Waals surface area contributed by atoms with Crippen LogP contribution in [0.2, 0.25) is 5.02 Å². The van der Waals surface area contributed by atoms with Gasteiger partial charge in [-0.1, -0.05) is 25.4 Å². The first-order chi connectivity index (χ1) is 8.87. The summed E-state index contributed by atoms with van der Waals surface area (Å²) in [7, 11) is 0. The molecule has 0 spiro atoms. The molecule has 19 heavy (non-hydrogen) atoms. The van der Waals surface area contributed by atoms with Crippen molar-refractivity contribution in [3.63, 3.8) is 0 Å². The van der Waals surface area contributed by atoms with Crippen LogP contribution in [0.15, 0.2) is 30.1 Å². The molecule has 0 aliphatic carbocycles. The third-order valence-electron chi connectivity index (χ3n) is 2.99. The molecule has 1 heterocycles. The normalized spacial score (nSPS) is 17.4. The molecule has 1 aromatic rings. The number of benzene rings is 1. The Morgan fingerprint density at radius 1 is 1.37 bits per heavy atom. The van der Waals surface area contributed by atoms with Crippen LogP contribution in [0.4, 0.5) is 4.39 Å². The second-order valence-corrected chi connectivity index (χ2v) is 5.83. The van der Waals surface area contributed by atoms with Crippen molar-refractivity contribution in [2.24, 2.45) is 5.41 Å². The van der Waals surface area contributed by atoms with Crippen LogP contribution in [0.5, 0.6) is 0 Å². The van der Waals surface area contributed by atoms with E-state index in [1.165, 1.54) is 24.3 Å². The average molecular weight is 283 g/mol. The number of halogens is 2. The number of nitrogens with one attached hydrogen (secondary N) is 2. The second kappa shape index (κ2) is 5.21. The van der Waals surface area contributed by atoms with Crippen LogP contribution in [0.1, 0.15) is 24.2 Å². The fraction of sp³-hybridized carbons (Fsp3) is 0.357. The highest BCUT2D eigenvalue weighted by atomic mass is 35.5. The van der Waals surface area contributed by atoms with E-state index in [2.05, 4.69) is 24.5 Å². The van der Waals surface area contributed by atoms with Crippen molar-refractivity contribution in [1.29, 1.82) is 0 Å². The van der Waals surface area contributed by atoms with Crippen molar-refractivity contribution in [2.45, 2.75) is 13.8 Å². The fourth-order valence-electron chi connectivity index (χ4n) is 1.76. The van der Waals surface area contributed by atoms with Crippen molar-refractivity contribution in [3.05, 3.63) is 46.5 Å². The van der Waals surface area contributed by atoms with Crippen LogP contribution >= 0.6 is 11.6 Å². The summed E-state index contributed by atoms with van der Waals surface area (Å²) in [5.41, 5.74) is 0.520. The molecule has 2 rings (SSSR count). The van der Waals surface area contributed by atoms with Crippen LogP contribution in [0.25, 0.3) is 0 Å². The molecular weight excluding hydrogens is 267 g/mol. The van der Waals surface area contributed by atoms with E-state index in [1.54, 1.807) is 0 Å². The molecule has 0 radical (unpaired) electrons. The molecule has 0 bridgehead atoms. The molecule has 102 valence electrons. The Bertz CT molecular complexity index is 528. The zero-order chi connectivity index (χ0) is 14.0. The van der Waals surface area contributed by atoms with Gasteiger partial charge in [-0.3, -0.25) is 4.79 Å². The summed E-state index contributed by atoms with van der Waals surface area (Å²) in [4.78, 5) is 12.0. The first-order valence-corrected chi connectivity index (χ1v) is 6.44. The smallest absolute Gasteiger partial charge is 0.189 e. The van der Waals surface area contributed by atoms with Gasteiger partial charge in [-0.2, -0.15) is 0 Å². The molecule has 2 N–H and O–H groups in total. The molecule has 1 aliphatic rings.